The summed E-state index contributed by atoms with van der Waals surface area (Å²) in [7, 11) is 0. The highest BCUT2D eigenvalue weighted by atomic mass is 35.5. The lowest BCUT2D eigenvalue weighted by Crippen LogP contribution is -2.21. The van der Waals surface area contributed by atoms with Gasteiger partial charge in [0, 0.05) is 16.3 Å². The third-order valence-electron chi connectivity index (χ3n) is 4.65. The Morgan fingerprint density at radius 1 is 0.821 bits per heavy atom. The number of hydrogen-bond acceptors (Lipinski definition) is 2. The number of fused-ring (bicyclic) bond motifs is 1. The van der Waals surface area contributed by atoms with E-state index in [9.17, 15) is 9.18 Å². The SMILES string of the molecule is O=C(c1ccc2ccccc2c1)[C@@H](Nc1ccc(Cl)cc1)c1ccc(F)cc1. The van der Waals surface area contributed by atoms with Crippen LogP contribution in [0.1, 0.15) is 22.0 Å². The van der Waals surface area contributed by atoms with E-state index < -0.39 is 6.04 Å². The lowest BCUT2D eigenvalue weighted by molar-refractivity contribution is 0.0969. The van der Waals surface area contributed by atoms with Gasteiger partial charge in [-0.3, -0.25) is 4.79 Å². The van der Waals surface area contributed by atoms with Gasteiger partial charge in [-0.1, -0.05) is 60.1 Å². The second kappa shape index (κ2) is 7.83. The number of carbonyl (C=O) groups is 1. The third kappa shape index (κ3) is 3.90. The van der Waals surface area contributed by atoms with Gasteiger partial charge in [0.15, 0.2) is 5.78 Å². The van der Waals surface area contributed by atoms with Crippen LogP contribution < -0.4 is 5.32 Å². The predicted octanol–water partition coefficient (Wildman–Crippen LogP) is 6.67. The lowest BCUT2D eigenvalue weighted by Gasteiger charge is -2.20. The topological polar surface area (TPSA) is 29.1 Å². The van der Waals surface area contributed by atoms with Crippen molar-refractivity contribution in [1.82, 2.24) is 0 Å². The lowest BCUT2D eigenvalue weighted by atomic mass is 9.95. The maximum absolute atomic E-state index is 13.4. The Bertz CT molecular complexity index is 1120. The fraction of sp³-hybridized carbons (Fsp3) is 0.0417. The predicted molar refractivity (Wildman–Crippen MR) is 112 cm³/mol. The van der Waals surface area contributed by atoms with Crippen LogP contribution in [0.3, 0.4) is 0 Å². The molecule has 4 heteroatoms. The monoisotopic (exact) mass is 389 g/mol. The summed E-state index contributed by atoms with van der Waals surface area (Å²) in [5.41, 5.74) is 2.04. The van der Waals surface area contributed by atoms with E-state index >= 15 is 0 Å². The second-order valence-corrected chi connectivity index (χ2v) is 7.00. The van der Waals surface area contributed by atoms with Crippen LogP contribution in [0.25, 0.3) is 10.8 Å². The minimum absolute atomic E-state index is 0.0905. The molecule has 0 saturated carbocycles. The Balaban J connectivity index is 1.73. The number of benzene rings is 4. The molecule has 0 aliphatic carbocycles. The van der Waals surface area contributed by atoms with E-state index in [0.29, 0.717) is 16.1 Å². The molecular weight excluding hydrogens is 373 g/mol. The Morgan fingerprint density at radius 3 is 2.21 bits per heavy atom. The van der Waals surface area contributed by atoms with Crippen molar-refractivity contribution in [2.24, 2.45) is 0 Å². The molecular formula is C24H17ClFNO. The van der Waals surface area contributed by atoms with Crippen LogP contribution in [0.15, 0.2) is 91.0 Å². The van der Waals surface area contributed by atoms with Crippen molar-refractivity contribution in [2.45, 2.75) is 6.04 Å². The Morgan fingerprint density at radius 2 is 1.50 bits per heavy atom. The summed E-state index contributed by atoms with van der Waals surface area (Å²) in [6, 6.07) is 26.0. The van der Waals surface area contributed by atoms with E-state index in [-0.39, 0.29) is 11.6 Å². The van der Waals surface area contributed by atoms with Crippen LogP contribution in [0.2, 0.25) is 5.02 Å². The van der Waals surface area contributed by atoms with Gasteiger partial charge < -0.3 is 5.32 Å². The smallest absolute Gasteiger partial charge is 0.189 e. The van der Waals surface area contributed by atoms with Crippen molar-refractivity contribution < 1.29 is 9.18 Å². The average Bonchev–Trinajstić information content (AvgIpc) is 2.73. The molecule has 0 amide bonds. The summed E-state index contributed by atoms with van der Waals surface area (Å²) in [5.74, 6) is -0.431. The van der Waals surface area contributed by atoms with E-state index in [1.165, 1.54) is 12.1 Å². The largest absolute Gasteiger partial charge is 0.371 e. The fourth-order valence-corrected chi connectivity index (χ4v) is 3.30. The van der Waals surface area contributed by atoms with Crippen molar-refractivity contribution in [3.63, 3.8) is 0 Å². The van der Waals surface area contributed by atoms with Gasteiger partial charge in [0.05, 0.1) is 0 Å². The maximum Gasteiger partial charge on any atom is 0.189 e. The molecule has 4 aromatic carbocycles. The first kappa shape index (κ1) is 18.2. The van der Waals surface area contributed by atoms with Crippen LogP contribution in [0.5, 0.6) is 0 Å². The molecule has 0 aromatic heterocycles. The molecule has 0 radical (unpaired) electrons. The maximum atomic E-state index is 13.4. The van der Waals surface area contributed by atoms with Gasteiger partial charge in [0.2, 0.25) is 0 Å². The Hall–Kier alpha value is -3.17. The number of halogens is 2. The molecule has 2 nitrogen and oxygen atoms in total. The van der Waals surface area contributed by atoms with Gasteiger partial charge in [-0.05, 0) is 58.8 Å². The molecule has 0 heterocycles. The van der Waals surface area contributed by atoms with Gasteiger partial charge in [-0.2, -0.15) is 0 Å². The van der Waals surface area contributed by atoms with Crippen molar-refractivity contribution in [3.8, 4) is 0 Å². The number of nitrogens with one attached hydrogen (secondary N) is 1. The highest BCUT2D eigenvalue weighted by Gasteiger charge is 2.22. The van der Waals surface area contributed by atoms with E-state index in [2.05, 4.69) is 5.32 Å². The molecule has 0 aliphatic heterocycles. The standard InChI is InChI=1S/C24H17ClFNO/c25-20-9-13-22(14-10-20)27-23(17-7-11-21(26)12-8-17)24(28)19-6-5-16-3-1-2-4-18(16)15-19/h1-15,23,27H/t23-/m0/s1. The molecule has 0 aliphatic rings. The van der Waals surface area contributed by atoms with Crippen molar-refractivity contribution in [3.05, 3.63) is 113 Å². The van der Waals surface area contributed by atoms with Gasteiger partial charge in [-0.15, -0.1) is 0 Å². The fourth-order valence-electron chi connectivity index (χ4n) is 3.18. The molecule has 0 unspecified atom stereocenters. The molecule has 4 aromatic rings. The normalized spacial score (nSPS) is 11.9. The summed E-state index contributed by atoms with van der Waals surface area (Å²) < 4.78 is 13.4. The van der Waals surface area contributed by atoms with Crippen molar-refractivity contribution in [2.75, 3.05) is 5.32 Å². The number of anilines is 1. The first-order valence-electron chi connectivity index (χ1n) is 8.91. The molecule has 0 saturated heterocycles. The highest BCUT2D eigenvalue weighted by molar-refractivity contribution is 6.30. The summed E-state index contributed by atoms with van der Waals surface area (Å²) >= 11 is 5.96. The zero-order valence-corrected chi connectivity index (χ0v) is 15.7. The van der Waals surface area contributed by atoms with Gasteiger partial charge in [0.1, 0.15) is 11.9 Å². The second-order valence-electron chi connectivity index (χ2n) is 6.56. The minimum Gasteiger partial charge on any atom is -0.371 e. The van der Waals surface area contributed by atoms with E-state index in [1.807, 2.05) is 54.6 Å². The molecule has 0 bridgehead atoms. The molecule has 0 fully saturated rings. The average molecular weight is 390 g/mol. The summed E-state index contributed by atoms with van der Waals surface area (Å²) in [6.45, 7) is 0. The number of ketones is 1. The van der Waals surface area contributed by atoms with Crippen LogP contribution in [0.4, 0.5) is 10.1 Å². The van der Waals surface area contributed by atoms with E-state index in [1.54, 1.807) is 24.3 Å². The minimum atomic E-state index is -0.650. The van der Waals surface area contributed by atoms with Crippen LogP contribution in [-0.2, 0) is 0 Å². The first-order chi connectivity index (χ1) is 13.6. The number of rotatable bonds is 5. The molecule has 138 valence electrons. The third-order valence-corrected chi connectivity index (χ3v) is 4.91. The summed E-state index contributed by atoms with van der Waals surface area (Å²) in [4.78, 5) is 13.4. The Labute approximate surface area is 167 Å². The zero-order valence-electron chi connectivity index (χ0n) is 14.9. The van der Waals surface area contributed by atoms with Gasteiger partial charge in [-0.25, -0.2) is 4.39 Å². The van der Waals surface area contributed by atoms with E-state index in [0.717, 1.165) is 16.5 Å². The van der Waals surface area contributed by atoms with Crippen molar-refractivity contribution >= 4 is 33.8 Å². The molecule has 1 atom stereocenters. The summed E-state index contributed by atoms with van der Waals surface area (Å²) in [6.07, 6.45) is 0. The van der Waals surface area contributed by atoms with Crippen LogP contribution >= 0.6 is 11.6 Å². The molecule has 0 spiro atoms. The number of carbonyl (C=O) groups excluding carboxylic acids is 1. The van der Waals surface area contributed by atoms with Crippen molar-refractivity contribution in [1.29, 1.82) is 0 Å². The molecule has 1 N–H and O–H groups in total. The van der Waals surface area contributed by atoms with Gasteiger partial charge in [0.25, 0.3) is 0 Å². The first-order valence-corrected chi connectivity index (χ1v) is 9.28. The summed E-state index contributed by atoms with van der Waals surface area (Å²) in [5, 5.41) is 5.94. The highest BCUT2D eigenvalue weighted by Crippen LogP contribution is 2.26. The molecule has 28 heavy (non-hydrogen) atoms. The quantitative estimate of drug-likeness (QED) is 0.386. The van der Waals surface area contributed by atoms with Crippen LogP contribution in [0, 0.1) is 5.82 Å². The Kier molecular flexibility index (Phi) is 5.09. The van der Waals surface area contributed by atoms with Gasteiger partial charge >= 0.3 is 0 Å². The number of hydrogen-bond donors (Lipinski definition) is 1. The number of Topliss-reactive ketones (excluding diaryl/α,β-unsaturated/α-hetero) is 1. The molecule has 4 rings (SSSR count). The zero-order chi connectivity index (χ0) is 19.5. The van der Waals surface area contributed by atoms with E-state index in [4.69, 9.17) is 11.6 Å². The van der Waals surface area contributed by atoms with Crippen LogP contribution in [-0.4, -0.2) is 5.78 Å².